The molecule has 2 N–H and O–H groups in total. The van der Waals surface area contributed by atoms with Gasteiger partial charge in [0.15, 0.2) is 5.96 Å². The molecule has 0 aromatic rings. The molecule has 25 heavy (non-hydrogen) atoms. The molecular weight excluding hydrogens is 448 g/mol. The lowest BCUT2D eigenvalue weighted by Crippen LogP contribution is -2.45. The van der Waals surface area contributed by atoms with Gasteiger partial charge in [-0.25, -0.2) is 0 Å². The SMILES string of the molecule is CN=C(NCCN(C)CC(F)(F)F)NCC1(CCOC)CCCC1.I. The lowest BCUT2D eigenvalue weighted by molar-refractivity contribution is -0.142. The molecule has 5 nitrogen and oxygen atoms in total. The van der Waals surface area contributed by atoms with Crippen molar-refractivity contribution in [3.63, 3.8) is 0 Å². The zero-order valence-electron chi connectivity index (χ0n) is 15.4. The van der Waals surface area contributed by atoms with Crippen LogP contribution in [0.1, 0.15) is 32.1 Å². The molecule has 1 fully saturated rings. The molecule has 1 saturated carbocycles. The minimum atomic E-state index is -4.16. The highest BCUT2D eigenvalue weighted by atomic mass is 127. The van der Waals surface area contributed by atoms with Crippen molar-refractivity contribution >= 4 is 29.9 Å². The highest BCUT2D eigenvalue weighted by Gasteiger charge is 2.33. The van der Waals surface area contributed by atoms with Gasteiger partial charge in [-0.3, -0.25) is 9.89 Å². The van der Waals surface area contributed by atoms with Crippen molar-refractivity contribution in [3.05, 3.63) is 0 Å². The minimum absolute atomic E-state index is 0. The number of hydrogen-bond acceptors (Lipinski definition) is 3. The average Bonchev–Trinajstić information content (AvgIpc) is 2.96. The third-order valence-electron chi connectivity index (χ3n) is 4.59. The number of methoxy groups -OCH3 is 1. The second-order valence-corrected chi connectivity index (χ2v) is 6.66. The summed E-state index contributed by atoms with van der Waals surface area (Å²) in [5.74, 6) is 0.638. The molecule has 0 bridgehead atoms. The van der Waals surface area contributed by atoms with Gasteiger partial charge in [0.25, 0.3) is 0 Å². The second-order valence-electron chi connectivity index (χ2n) is 6.66. The van der Waals surface area contributed by atoms with E-state index in [2.05, 4.69) is 15.6 Å². The van der Waals surface area contributed by atoms with E-state index in [1.165, 1.54) is 37.6 Å². The van der Waals surface area contributed by atoms with Crippen LogP contribution in [0.15, 0.2) is 4.99 Å². The van der Waals surface area contributed by atoms with Crippen LogP contribution in [0.2, 0.25) is 0 Å². The number of ether oxygens (including phenoxy) is 1. The Balaban J connectivity index is 0.00000576. The first kappa shape index (κ1) is 24.7. The number of hydrogen-bond donors (Lipinski definition) is 2. The van der Waals surface area contributed by atoms with Gasteiger partial charge < -0.3 is 15.4 Å². The maximum Gasteiger partial charge on any atom is 0.401 e. The molecule has 0 saturated heterocycles. The molecule has 0 spiro atoms. The fourth-order valence-electron chi connectivity index (χ4n) is 3.20. The molecule has 0 amide bonds. The lowest BCUT2D eigenvalue weighted by Gasteiger charge is -2.30. The third-order valence-corrected chi connectivity index (χ3v) is 4.59. The number of halogens is 4. The molecule has 9 heteroatoms. The van der Waals surface area contributed by atoms with Crippen molar-refractivity contribution in [2.75, 3.05) is 54.0 Å². The predicted octanol–water partition coefficient (Wildman–Crippen LogP) is 2.86. The van der Waals surface area contributed by atoms with Gasteiger partial charge in [0.2, 0.25) is 0 Å². The molecule has 0 unspecified atom stereocenters. The molecule has 0 aromatic carbocycles. The van der Waals surface area contributed by atoms with E-state index in [0.717, 1.165) is 19.6 Å². The summed E-state index contributed by atoms with van der Waals surface area (Å²) < 4.78 is 42.1. The third kappa shape index (κ3) is 10.4. The molecule has 0 aliphatic heterocycles. The van der Waals surface area contributed by atoms with Crippen molar-refractivity contribution in [2.24, 2.45) is 10.4 Å². The van der Waals surface area contributed by atoms with Crippen LogP contribution in [-0.4, -0.2) is 71.0 Å². The standard InChI is InChI=1S/C16H31F3N4O.HI/c1-20-14(21-9-10-23(2)13-16(17,18)19)22-12-15(8-11-24-3)6-4-5-7-15;/h4-13H2,1-3H3,(H2,20,21,22);1H. The van der Waals surface area contributed by atoms with Crippen LogP contribution in [0.3, 0.4) is 0 Å². The van der Waals surface area contributed by atoms with Crippen molar-refractivity contribution in [2.45, 2.75) is 38.3 Å². The van der Waals surface area contributed by atoms with Gasteiger partial charge in [0.05, 0.1) is 6.54 Å². The summed E-state index contributed by atoms with van der Waals surface area (Å²) in [7, 11) is 4.85. The maximum atomic E-state index is 12.3. The number of guanidine groups is 1. The van der Waals surface area contributed by atoms with Gasteiger partial charge in [0.1, 0.15) is 0 Å². The molecular formula is C16H32F3IN4O. The molecule has 0 atom stereocenters. The monoisotopic (exact) mass is 480 g/mol. The van der Waals surface area contributed by atoms with Gasteiger partial charge in [-0.15, -0.1) is 24.0 Å². The summed E-state index contributed by atoms with van der Waals surface area (Å²) in [4.78, 5) is 5.40. The van der Waals surface area contributed by atoms with Crippen molar-refractivity contribution in [1.29, 1.82) is 0 Å². The van der Waals surface area contributed by atoms with Crippen LogP contribution in [0.25, 0.3) is 0 Å². The predicted molar refractivity (Wildman–Crippen MR) is 106 cm³/mol. The van der Waals surface area contributed by atoms with Crippen molar-refractivity contribution in [3.8, 4) is 0 Å². The number of likely N-dealkylation sites (N-methyl/N-ethyl adjacent to an activating group) is 1. The first-order chi connectivity index (χ1) is 11.3. The molecule has 0 heterocycles. The minimum Gasteiger partial charge on any atom is -0.385 e. The van der Waals surface area contributed by atoms with Crippen LogP contribution < -0.4 is 10.6 Å². The topological polar surface area (TPSA) is 48.9 Å². The van der Waals surface area contributed by atoms with Crippen LogP contribution in [0.4, 0.5) is 13.2 Å². The summed E-state index contributed by atoms with van der Waals surface area (Å²) in [6, 6.07) is 0. The average molecular weight is 480 g/mol. The maximum absolute atomic E-state index is 12.3. The summed E-state index contributed by atoms with van der Waals surface area (Å²) >= 11 is 0. The van der Waals surface area contributed by atoms with Crippen LogP contribution in [-0.2, 0) is 4.74 Å². The van der Waals surface area contributed by atoms with Crippen LogP contribution >= 0.6 is 24.0 Å². The number of rotatable bonds is 9. The molecule has 150 valence electrons. The van der Waals surface area contributed by atoms with Crippen molar-refractivity contribution < 1.29 is 17.9 Å². The van der Waals surface area contributed by atoms with E-state index in [-0.39, 0.29) is 29.4 Å². The molecule has 1 aliphatic rings. The Morgan fingerprint density at radius 3 is 2.40 bits per heavy atom. The van der Waals surface area contributed by atoms with Gasteiger partial charge in [-0.05, 0) is 31.7 Å². The number of aliphatic imine (C=N–C) groups is 1. The Morgan fingerprint density at radius 2 is 1.88 bits per heavy atom. The number of alkyl halides is 3. The quantitative estimate of drug-likeness (QED) is 0.303. The Kier molecular flexibility index (Phi) is 12.0. The van der Waals surface area contributed by atoms with E-state index in [0.29, 0.717) is 19.0 Å². The van der Waals surface area contributed by atoms with Crippen molar-refractivity contribution in [1.82, 2.24) is 15.5 Å². The van der Waals surface area contributed by atoms with E-state index in [1.54, 1.807) is 14.2 Å². The van der Waals surface area contributed by atoms with E-state index < -0.39 is 12.7 Å². The normalized spacial score (nSPS) is 17.5. The first-order valence-corrected chi connectivity index (χ1v) is 8.49. The smallest absolute Gasteiger partial charge is 0.385 e. The Labute approximate surface area is 166 Å². The van der Waals surface area contributed by atoms with Crippen LogP contribution in [0.5, 0.6) is 0 Å². The Morgan fingerprint density at radius 1 is 1.24 bits per heavy atom. The van der Waals surface area contributed by atoms with Crippen LogP contribution in [0, 0.1) is 5.41 Å². The Hall–Kier alpha value is -0.290. The fraction of sp³-hybridized carbons (Fsp3) is 0.938. The zero-order valence-corrected chi connectivity index (χ0v) is 17.7. The second kappa shape index (κ2) is 12.2. The lowest BCUT2D eigenvalue weighted by atomic mass is 9.83. The van der Waals surface area contributed by atoms with Gasteiger partial charge in [-0.1, -0.05) is 12.8 Å². The van der Waals surface area contributed by atoms with E-state index in [4.69, 9.17) is 4.74 Å². The molecule has 0 aromatic heterocycles. The van der Waals surface area contributed by atoms with Gasteiger partial charge in [0, 0.05) is 40.4 Å². The Bertz CT molecular complexity index is 388. The summed E-state index contributed by atoms with van der Waals surface area (Å²) in [6.45, 7) is 1.37. The van der Waals surface area contributed by atoms with Gasteiger partial charge >= 0.3 is 6.18 Å². The summed E-state index contributed by atoms with van der Waals surface area (Å²) in [5, 5.41) is 6.41. The van der Waals surface area contributed by atoms with E-state index in [9.17, 15) is 13.2 Å². The summed E-state index contributed by atoms with van der Waals surface area (Å²) in [6.07, 6.45) is 1.68. The number of nitrogens with one attached hydrogen (secondary N) is 2. The largest absolute Gasteiger partial charge is 0.401 e. The molecule has 1 aliphatic carbocycles. The fourth-order valence-corrected chi connectivity index (χ4v) is 3.20. The molecule has 0 radical (unpaired) electrons. The number of nitrogens with zero attached hydrogens (tertiary/aromatic N) is 2. The van der Waals surface area contributed by atoms with E-state index >= 15 is 0 Å². The molecule has 1 rings (SSSR count). The first-order valence-electron chi connectivity index (χ1n) is 8.49. The highest BCUT2D eigenvalue weighted by molar-refractivity contribution is 14.0. The highest BCUT2D eigenvalue weighted by Crippen LogP contribution is 2.40. The summed E-state index contributed by atoms with van der Waals surface area (Å²) in [5.41, 5.74) is 0.237. The zero-order chi connectivity index (χ0) is 18.1. The van der Waals surface area contributed by atoms with Gasteiger partial charge in [-0.2, -0.15) is 13.2 Å². The van der Waals surface area contributed by atoms with E-state index in [1.807, 2.05) is 0 Å².